The lowest BCUT2D eigenvalue weighted by Gasteiger charge is -2.11. The highest BCUT2D eigenvalue weighted by Gasteiger charge is 2.08. The number of hydrogen-bond donors (Lipinski definition) is 2. The Balaban J connectivity index is 1.66. The first-order valence-corrected chi connectivity index (χ1v) is 9.14. The normalized spacial score (nSPS) is 11.0. The van der Waals surface area contributed by atoms with E-state index < -0.39 is 0 Å². The molecule has 0 aliphatic rings. The van der Waals surface area contributed by atoms with Gasteiger partial charge in [-0.15, -0.1) is 0 Å². The van der Waals surface area contributed by atoms with Gasteiger partial charge in [0.1, 0.15) is 5.75 Å². The van der Waals surface area contributed by atoms with E-state index in [1.54, 1.807) is 19.2 Å². The number of pyridine rings is 1. The fourth-order valence-corrected chi connectivity index (χ4v) is 2.98. The predicted molar refractivity (Wildman–Crippen MR) is 110 cm³/mol. The molecule has 1 aromatic heterocycles. The molecule has 3 rings (SSSR count). The summed E-state index contributed by atoms with van der Waals surface area (Å²) in [7, 11) is 1.58. The number of nitrogens with one attached hydrogen (secondary N) is 2. The average Bonchev–Trinajstić information content (AvgIpc) is 2.66. The maximum atomic E-state index is 12.2. The second-order valence-corrected chi connectivity index (χ2v) is 6.91. The Morgan fingerprint density at radius 1 is 1.11 bits per heavy atom. The molecule has 146 valence electrons. The number of carbonyl (C=O) groups is 1. The van der Waals surface area contributed by atoms with E-state index in [2.05, 4.69) is 24.1 Å². The molecular weight excluding hydrogens is 356 g/mol. The molecule has 1 heterocycles. The van der Waals surface area contributed by atoms with Crippen molar-refractivity contribution < 1.29 is 14.3 Å². The van der Waals surface area contributed by atoms with Gasteiger partial charge in [-0.05, 0) is 41.3 Å². The molecule has 28 heavy (non-hydrogen) atoms. The number of hydrogen-bond acceptors (Lipinski definition) is 4. The molecule has 2 aromatic carbocycles. The van der Waals surface area contributed by atoms with E-state index in [1.807, 2.05) is 30.3 Å². The molecule has 1 amide bonds. The molecule has 0 bridgehead atoms. The third kappa shape index (κ3) is 4.78. The summed E-state index contributed by atoms with van der Waals surface area (Å²) in [5.41, 5.74) is 3.03. The summed E-state index contributed by atoms with van der Waals surface area (Å²) in [5.74, 6) is 0.815. The summed E-state index contributed by atoms with van der Waals surface area (Å²) in [6.45, 7) is 4.49. The van der Waals surface area contributed by atoms with Crippen molar-refractivity contribution in [1.29, 1.82) is 0 Å². The SMILES string of the molecule is COCc1cc(=O)[nH]c2cc(NC(=O)COc3ccc(C(C)C)cc3)ccc12. The molecule has 0 aliphatic carbocycles. The molecule has 0 fully saturated rings. The maximum Gasteiger partial charge on any atom is 0.262 e. The minimum absolute atomic E-state index is 0.0979. The lowest BCUT2D eigenvalue weighted by molar-refractivity contribution is -0.118. The number of fused-ring (bicyclic) bond motifs is 1. The molecule has 0 atom stereocenters. The van der Waals surface area contributed by atoms with E-state index >= 15 is 0 Å². The van der Waals surface area contributed by atoms with Gasteiger partial charge in [-0.25, -0.2) is 0 Å². The molecule has 0 saturated heterocycles. The standard InChI is InChI=1S/C22H24N2O4/c1-14(2)15-4-7-18(8-5-15)28-13-22(26)23-17-6-9-19-16(12-27-3)10-21(25)24-20(19)11-17/h4-11,14H,12-13H2,1-3H3,(H,23,26)(H,24,25). The molecule has 0 aliphatic heterocycles. The highest BCUT2D eigenvalue weighted by Crippen LogP contribution is 2.21. The molecule has 0 unspecified atom stereocenters. The number of anilines is 1. The van der Waals surface area contributed by atoms with Gasteiger partial charge in [0, 0.05) is 24.2 Å². The van der Waals surface area contributed by atoms with Crippen LogP contribution >= 0.6 is 0 Å². The van der Waals surface area contributed by atoms with Crippen molar-refractivity contribution in [2.45, 2.75) is 26.4 Å². The summed E-state index contributed by atoms with van der Waals surface area (Å²) in [6, 6.07) is 14.6. The minimum Gasteiger partial charge on any atom is -0.484 e. The number of aromatic amines is 1. The van der Waals surface area contributed by atoms with Gasteiger partial charge in [-0.3, -0.25) is 9.59 Å². The fourth-order valence-electron chi connectivity index (χ4n) is 2.98. The Morgan fingerprint density at radius 3 is 2.54 bits per heavy atom. The number of ether oxygens (including phenoxy) is 2. The van der Waals surface area contributed by atoms with E-state index in [-0.39, 0.29) is 18.1 Å². The zero-order valence-corrected chi connectivity index (χ0v) is 16.2. The van der Waals surface area contributed by atoms with E-state index in [9.17, 15) is 9.59 Å². The van der Waals surface area contributed by atoms with Gasteiger partial charge in [-0.2, -0.15) is 0 Å². The highest BCUT2D eigenvalue weighted by molar-refractivity contribution is 5.94. The van der Waals surface area contributed by atoms with Crippen molar-refractivity contribution in [2.75, 3.05) is 19.0 Å². The molecule has 0 spiro atoms. The van der Waals surface area contributed by atoms with Crippen LogP contribution in [0.1, 0.15) is 30.9 Å². The van der Waals surface area contributed by atoms with Gasteiger partial charge < -0.3 is 19.8 Å². The topological polar surface area (TPSA) is 80.4 Å². The van der Waals surface area contributed by atoms with Crippen LogP contribution in [-0.2, 0) is 16.1 Å². The highest BCUT2D eigenvalue weighted by atomic mass is 16.5. The van der Waals surface area contributed by atoms with Crippen molar-refractivity contribution in [2.24, 2.45) is 0 Å². The first-order valence-electron chi connectivity index (χ1n) is 9.14. The molecule has 2 N–H and O–H groups in total. The minimum atomic E-state index is -0.275. The van der Waals surface area contributed by atoms with Gasteiger partial charge in [0.15, 0.2) is 6.61 Å². The monoisotopic (exact) mass is 380 g/mol. The first kappa shape index (κ1) is 19.6. The Hall–Kier alpha value is -3.12. The van der Waals surface area contributed by atoms with Gasteiger partial charge in [0.2, 0.25) is 5.56 Å². The van der Waals surface area contributed by atoms with Crippen LogP contribution in [0.4, 0.5) is 5.69 Å². The van der Waals surface area contributed by atoms with Crippen LogP contribution in [-0.4, -0.2) is 24.6 Å². The second kappa shape index (κ2) is 8.71. The average molecular weight is 380 g/mol. The number of rotatable bonds is 7. The van der Waals surface area contributed by atoms with Crippen LogP contribution < -0.4 is 15.6 Å². The van der Waals surface area contributed by atoms with E-state index in [0.29, 0.717) is 29.5 Å². The number of amides is 1. The Bertz CT molecular complexity index is 1020. The molecular formula is C22H24N2O4. The van der Waals surface area contributed by atoms with Crippen molar-refractivity contribution >= 4 is 22.5 Å². The maximum absolute atomic E-state index is 12.2. The van der Waals surface area contributed by atoms with Crippen molar-refractivity contribution in [3.63, 3.8) is 0 Å². The summed E-state index contributed by atoms with van der Waals surface area (Å²) in [6.07, 6.45) is 0. The molecule has 0 radical (unpaired) electrons. The van der Waals surface area contributed by atoms with Gasteiger partial charge >= 0.3 is 0 Å². The summed E-state index contributed by atoms with van der Waals surface area (Å²) < 4.78 is 10.7. The second-order valence-electron chi connectivity index (χ2n) is 6.91. The number of aromatic nitrogens is 1. The summed E-state index contributed by atoms with van der Waals surface area (Å²) >= 11 is 0. The number of methoxy groups -OCH3 is 1. The number of carbonyl (C=O) groups excluding carboxylic acids is 1. The van der Waals surface area contributed by atoms with Gasteiger partial charge in [0.25, 0.3) is 5.91 Å². The molecule has 3 aromatic rings. The van der Waals surface area contributed by atoms with E-state index in [4.69, 9.17) is 9.47 Å². The van der Waals surface area contributed by atoms with E-state index in [0.717, 1.165) is 10.9 Å². The predicted octanol–water partition coefficient (Wildman–Crippen LogP) is 3.82. The van der Waals surface area contributed by atoms with Crippen LogP contribution in [0.3, 0.4) is 0 Å². The van der Waals surface area contributed by atoms with Crippen LogP contribution in [0, 0.1) is 0 Å². The number of H-pyrrole nitrogens is 1. The fraction of sp³-hybridized carbons (Fsp3) is 0.273. The van der Waals surface area contributed by atoms with Crippen molar-refractivity contribution in [3.8, 4) is 5.75 Å². The lowest BCUT2D eigenvalue weighted by atomic mass is 10.0. The molecule has 0 saturated carbocycles. The smallest absolute Gasteiger partial charge is 0.262 e. The van der Waals surface area contributed by atoms with Crippen molar-refractivity contribution in [1.82, 2.24) is 4.98 Å². The zero-order chi connectivity index (χ0) is 20.1. The molecule has 6 heteroatoms. The number of benzene rings is 2. The third-order valence-electron chi connectivity index (χ3n) is 4.43. The van der Waals surface area contributed by atoms with Crippen LogP contribution in [0.2, 0.25) is 0 Å². The molecule has 6 nitrogen and oxygen atoms in total. The summed E-state index contributed by atoms with van der Waals surface area (Å²) in [4.78, 5) is 26.8. The van der Waals surface area contributed by atoms with E-state index in [1.165, 1.54) is 11.6 Å². The Kier molecular flexibility index (Phi) is 6.11. The third-order valence-corrected chi connectivity index (χ3v) is 4.43. The Morgan fingerprint density at radius 2 is 1.86 bits per heavy atom. The Labute approximate surface area is 163 Å². The zero-order valence-electron chi connectivity index (χ0n) is 16.2. The first-order chi connectivity index (χ1) is 13.5. The largest absolute Gasteiger partial charge is 0.484 e. The quantitative estimate of drug-likeness (QED) is 0.653. The lowest BCUT2D eigenvalue weighted by Crippen LogP contribution is -2.20. The van der Waals surface area contributed by atoms with Gasteiger partial charge in [-0.1, -0.05) is 32.0 Å². The summed E-state index contributed by atoms with van der Waals surface area (Å²) in [5, 5.41) is 3.66. The van der Waals surface area contributed by atoms with Gasteiger partial charge in [0.05, 0.1) is 12.1 Å². The van der Waals surface area contributed by atoms with Crippen molar-refractivity contribution in [3.05, 3.63) is 70.0 Å². The van der Waals surface area contributed by atoms with Crippen LogP contribution in [0.25, 0.3) is 10.9 Å². The van der Waals surface area contributed by atoms with Crippen LogP contribution in [0.15, 0.2) is 53.3 Å². The van der Waals surface area contributed by atoms with Crippen LogP contribution in [0.5, 0.6) is 5.75 Å².